The number of nitrogen functional groups attached to an aromatic ring is 1. The van der Waals surface area contributed by atoms with Crippen LogP contribution in [0.2, 0.25) is 0 Å². The molecule has 0 spiro atoms. The van der Waals surface area contributed by atoms with Gasteiger partial charge in [0.15, 0.2) is 5.16 Å². The molecule has 7 heteroatoms. The molecule has 0 saturated heterocycles. The summed E-state index contributed by atoms with van der Waals surface area (Å²) in [5.74, 6) is 0.0441. The van der Waals surface area contributed by atoms with Crippen molar-refractivity contribution < 1.29 is 4.39 Å². The number of hydrogen-bond donors (Lipinski definition) is 2. The first-order valence-electron chi connectivity index (χ1n) is 4.86. The Hall–Kier alpha value is -1.76. The number of aromatic nitrogens is 3. The van der Waals surface area contributed by atoms with E-state index >= 15 is 0 Å². The molecule has 1 aromatic carbocycles. The zero-order chi connectivity index (χ0) is 12.4. The maximum Gasteiger partial charge on any atom is 0.343 e. The molecule has 1 aromatic heterocycles. The average Bonchev–Trinajstić information content (AvgIpc) is 2.59. The number of thioether (sulfide) groups is 1. The normalized spacial score (nSPS) is 10.7. The number of nitrogens with two attached hydrogens (primary N) is 1. The lowest BCUT2D eigenvalue weighted by atomic mass is 10.2. The Labute approximate surface area is 101 Å². The van der Waals surface area contributed by atoms with Crippen LogP contribution in [0.3, 0.4) is 0 Å². The van der Waals surface area contributed by atoms with Crippen LogP contribution >= 0.6 is 11.8 Å². The van der Waals surface area contributed by atoms with E-state index in [0.717, 1.165) is 0 Å². The molecular formula is C10H11FN4OS. The number of halogens is 1. The number of hydrogen-bond acceptors (Lipinski definition) is 4. The van der Waals surface area contributed by atoms with Crippen molar-refractivity contribution in [3.8, 4) is 0 Å². The van der Waals surface area contributed by atoms with Gasteiger partial charge in [-0.25, -0.2) is 14.3 Å². The molecule has 3 N–H and O–H groups in total. The summed E-state index contributed by atoms with van der Waals surface area (Å²) in [7, 11) is 1.60. The molecular weight excluding hydrogens is 243 g/mol. The molecule has 0 saturated carbocycles. The van der Waals surface area contributed by atoms with Crippen LogP contribution in [-0.2, 0) is 12.8 Å². The Bertz CT molecular complexity index is 592. The van der Waals surface area contributed by atoms with Crippen LogP contribution in [0.5, 0.6) is 0 Å². The number of nitrogens with zero attached hydrogens (tertiary/aromatic N) is 2. The van der Waals surface area contributed by atoms with Crippen LogP contribution < -0.4 is 11.4 Å². The van der Waals surface area contributed by atoms with E-state index in [0.29, 0.717) is 22.2 Å². The Kier molecular flexibility index (Phi) is 3.19. The largest absolute Gasteiger partial charge is 0.399 e. The molecule has 0 aliphatic heterocycles. The average molecular weight is 254 g/mol. The Morgan fingerprint density at radius 1 is 1.59 bits per heavy atom. The molecule has 90 valence electrons. The van der Waals surface area contributed by atoms with E-state index in [9.17, 15) is 9.18 Å². The molecule has 2 rings (SSSR count). The minimum absolute atomic E-state index is 0.287. The summed E-state index contributed by atoms with van der Waals surface area (Å²) in [5, 5.41) is 6.66. The summed E-state index contributed by atoms with van der Waals surface area (Å²) in [6, 6.07) is 4.55. The first-order valence-corrected chi connectivity index (χ1v) is 5.84. The molecule has 5 nitrogen and oxygen atoms in total. The van der Waals surface area contributed by atoms with Gasteiger partial charge in [0, 0.05) is 18.5 Å². The van der Waals surface area contributed by atoms with Crippen molar-refractivity contribution in [2.45, 2.75) is 10.9 Å². The Balaban J connectivity index is 2.12. The van der Waals surface area contributed by atoms with Crippen molar-refractivity contribution in [3.63, 3.8) is 0 Å². The highest BCUT2D eigenvalue weighted by molar-refractivity contribution is 7.98. The first-order chi connectivity index (χ1) is 8.08. The highest BCUT2D eigenvalue weighted by Crippen LogP contribution is 2.22. The second-order valence-corrected chi connectivity index (χ2v) is 4.45. The standard InChI is InChI=1S/C10H11FN4OS/c1-15-9(16)13-14-10(15)17-5-6-2-3-7(12)4-8(6)11/h2-4H,5,12H2,1H3,(H,13,16). The molecule has 0 atom stereocenters. The van der Waals surface area contributed by atoms with Gasteiger partial charge in [-0.05, 0) is 17.7 Å². The third-order valence-corrected chi connectivity index (χ3v) is 3.35. The lowest BCUT2D eigenvalue weighted by Gasteiger charge is -2.03. The van der Waals surface area contributed by atoms with E-state index in [-0.39, 0.29) is 11.5 Å². The van der Waals surface area contributed by atoms with Crippen molar-refractivity contribution in [3.05, 3.63) is 40.1 Å². The molecule has 0 unspecified atom stereocenters. The highest BCUT2D eigenvalue weighted by atomic mass is 32.2. The third kappa shape index (κ3) is 2.50. The second kappa shape index (κ2) is 4.62. The van der Waals surface area contributed by atoms with E-state index < -0.39 is 0 Å². The Morgan fingerprint density at radius 3 is 2.94 bits per heavy atom. The maximum absolute atomic E-state index is 13.5. The first kappa shape index (κ1) is 11.7. The number of benzene rings is 1. The van der Waals surface area contributed by atoms with Crippen molar-refractivity contribution in [2.24, 2.45) is 7.05 Å². The fraction of sp³-hybridized carbons (Fsp3) is 0.200. The van der Waals surface area contributed by atoms with Gasteiger partial charge in [0.05, 0.1) is 0 Å². The second-order valence-electron chi connectivity index (χ2n) is 3.51. The minimum atomic E-state index is -0.349. The zero-order valence-electron chi connectivity index (χ0n) is 9.11. The third-order valence-electron chi connectivity index (χ3n) is 2.27. The van der Waals surface area contributed by atoms with Gasteiger partial charge in [0.25, 0.3) is 0 Å². The van der Waals surface area contributed by atoms with Crippen LogP contribution in [-0.4, -0.2) is 14.8 Å². The SMILES string of the molecule is Cn1c(SCc2ccc(N)cc2F)n[nH]c1=O. The van der Waals surface area contributed by atoms with E-state index in [2.05, 4.69) is 10.2 Å². The molecule has 0 bridgehead atoms. The summed E-state index contributed by atoms with van der Waals surface area (Å²) >= 11 is 1.28. The van der Waals surface area contributed by atoms with Gasteiger partial charge in [-0.2, -0.15) is 0 Å². The van der Waals surface area contributed by atoms with Gasteiger partial charge in [0.2, 0.25) is 0 Å². The van der Waals surface area contributed by atoms with Crippen molar-refractivity contribution in [1.82, 2.24) is 14.8 Å². The van der Waals surface area contributed by atoms with Gasteiger partial charge in [-0.15, -0.1) is 5.10 Å². The molecule has 0 fully saturated rings. The monoisotopic (exact) mass is 254 g/mol. The summed E-state index contributed by atoms with van der Waals surface area (Å²) in [6.07, 6.45) is 0. The predicted octanol–water partition coefficient (Wildman–Crippen LogP) is 1.12. The van der Waals surface area contributed by atoms with Gasteiger partial charge >= 0.3 is 5.69 Å². The van der Waals surface area contributed by atoms with E-state index in [1.54, 1.807) is 19.2 Å². The smallest absolute Gasteiger partial charge is 0.343 e. The van der Waals surface area contributed by atoms with Crippen LogP contribution in [0.15, 0.2) is 28.2 Å². The van der Waals surface area contributed by atoms with Gasteiger partial charge in [-0.1, -0.05) is 17.8 Å². The molecule has 0 aliphatic carbocycles. The van der Waals surface area contributed by atoms with Crippen molar-refractivity contribution >= 4 is 17.4 Å². The van der Waals surface area contributed by atoms with Crippen LogP contribution in [0, 0.1) is 5.82 Å². The van der Waals surface area contributed by atoms with Crippen LogP contribution in [0.4, 0.5) is 10.1 Å². The van der Waals surface area contributed by atoms with Gasteiger partial charge in [0.1, 0.15) is 5.82 Å². The summed E-state index contributed by atoms with van der Waals surface area (Å²) < 4.78 is 14.8. The minimum Gasteiger partial charge on any atom is -0.399 e. The summed E-state index contributed by atoms with van der Waals surface area (Å²) in [5.41, 5.74) is 6.09. The number of H-pyrrole nitrogens is 1. The number of nitrogens with one attached hydrogen (secondary N) is 1. The zero-order valence-corrected chi connectivity index (χ0v) is 9.92. The molecule has 0 amide bonds. The number of aromatic amines is 1. The van der Waals surface area contributed by atoms with Crippen LogP contribution in [0.1, 0.15) is 5.56 Å². The quantitative estimate of drug-likeness (QED) is 0.635. The van der Waals surface area contributed by atoms with Crippen molar-refractivity contribution in [2.75, 3.05) is 5.73 Å². The van der Waals surface area contributed by atoms with Gasteiger partial charge in [-0.3, -0.25) is 4.57 Å². The van der Waals surface area contributed by atoms with E-state index in [1.165, 1.54) is 22.4 Å². The van der Waals surface area contributed by atoms with E-state index in [4.69, 9.17) is 5.73 Å². The molecule has 2 aromatic rings. The number of anilines is 1. The van der Waals surface area contributed by atoms with Crippen LogP contribution in [0.25, 0.3) is 0 Å². The topological polar surface area (TPSA) is 76.7 Å². The van der Waals surface area contributed by atoms with E-state index in [1.807, 2.05) is 0 Å². The lowest BCUT2D eigenvalue weighted by Crippen LogP contribution is -2.12. The molecule has 17 heavy (non-hydrogen) atoms. The Morgan fingerprint density at radius 2 is 2.35 bits per heavy atom. The number of rotatable bonds is 3. The highest BCUT2D eigenvalue weighted by Gasteiger charge is 2.07. The maximum atomic E-state index is 13.5. The van der Waals surface area contributed by atoms with Crippen molar-refractivity contribution in [1.29, 1.82) is 0 Å². The van der Waals surface area contributed by atoms with Gasteiger partial charge < -0.3 is 5.73 Å². The lowest BCUT2D eigenvalue weighted by molar-refractivity contribution is 0.618. The molecule has 0 aliphatic rings. The fourth-order valence-electron chi connectivity index (χ4n) is 1.28. The summed E-state index contributed by atoms with van der Waals surface area (Å²) in [4.78, 5) is 11.1. The molecule has 0 radical (unpaired) electrons. The summed E-state index contributed by atoms with van der Waals surface area (Å²) in [6.45, 7) is 0. The molecule has 1 heterocycles. The fourth-order valence-corrected chi connectivity index (χ4v) is 2.19. The predicted molar refractivity (Wildman–Crippen MR) is 64.2 cm³/mol.